The van der Waals surface area contributed by atoms with Crippen molar-refractivity contribution in [3.8, 4) is 0 Å². The molecular formula is C7H6F2N2O3. The maximum Gasteiger partial charge on any atom is 0.334 e. The van der Waals surface area contributed by atoms with E-state index in [1.54, 1.807) is 4.98 Å². The summed E-state index contributed by atoms with van der Waals surface area (Å²) < 4.78 is 24.4. The Morgan fingerprint density at radius 3 is 2.57 bits per heavy atom. The fraction of sp³-hybridized carbons (Fsp3) is 0.286. The molecule has 0 saturated heterocycles. The third-order valence-corrected chi connectivity index (χ3v) is 1.67. The van der Waals surface area contributed by atoms with E-state index in [1.807, 2.05) is 0 Å². The van der Waals surface area contributed by atoms with Gasteiger partial charge in [-0.05, 0) is 12.5 Å². The molecule has 0 aromatic carbocycles. The van der Waals surface area contributed by atoms with E-state index < -0.39 is 28.3 Å². The van der Waals surface area contributed by atoms with E-state index in [0.717, 1.165) is 6.07 Å². The first-order chi connectivity index (χ1) is 6.43. The Hall–Kier alpha value is -1.79. The first-order valence-corrected chi connectivity index (χ1v) is 3.60. The summed E-state index contributed by atoms with van der Waals surface area (Å²) in [5.74, 6) is 0. The van der Waals surface area contributed by atoms with Crippen molar-refractivity contribution in [2.24, 2.45) is 0 Å². The van der Waals surface area contributed by atoms with Crippen molar-refractivity contribution in [1.82, 2.24) is 4.98 Å². The van der Waals surface area contributed by atoms with E-state index in [0.29, 0.717) is 0 Å². The Morgan fingerprint density at radius 2 is 2.14 bits per heavy atom. The molecule has 0 atom stereocenters. The Bertz CT molecular complexity index is 427. The van der Waals surface area contributed by atoms with Crippen molar-refractivity contribution >= 4 is 5.69 Å². The lowest BCUT2D eigenvalue weighted by molar-refractivity contribution is -0.386. The van der Waals surface area contributed by atoms with Crippen LogP contribution < -0.4 is 5.56 Å². The van der Waals surface area contributed by atoms with Crippen LogP contribution in [0.3, 0.4) is 0 Å². The van der Waals surface area contributed by atoms with Crippen molar-refractivity contribution in [3.05, 3.63) is 37.8 Å². The molecule has 0 spiro atoms. The van der Waals surface area contributed by atoms with E-state index in [2.05, 4.69) is 0 Å². The number of hydrogen-bond donors (Lipinski definition) is 1. The number of hydrogen-bond acceptors (Lipinski definition) is 3. The molecule has 0 saturated carbocycles. The van der Waals surface area contributed by atoms with Gasteiger partial charge >= 0.3 is 11.2 Å². The van der Waals surface area contributed by atoms with E-state index in [-0.39, 0.29) is 5.56 Å². The normalized spacial score (nSPS) is 10.6. The highest BCUT2D eigenvalue weighted by Gasteiger charge is 2.18. The van der Waals surface area contributed by atoms with Crippen LogP contribution in [0.2, 0.25) is 0 Å². The van der Waals surface area contributed by atoms with Crippen LogP contribution in [0.5, 0.6) is 0 Å². The Morgan fingerprint density at radius 1 is 1.57 bits per heavy atom. The third kappa shape index (κ3) is 1.76. The van der Waals surface area contributed by atoms with Gasteiger partial charge in [0.2, 0.25) is 0 Å². The molecule has 7 heteroatoms. The van der Waals surface area contributed by atoms with Crippen molar-refractivity contribution in [2.45, 2.75) is 13.3 Å². The zero-order chi connectivity index (χ0) is 10.9. The number of nitrogens with zero attached hydrogens (tertiary/aromatic N) is 1. The number of nitro groups is 1. The molecule has 0 aliphatic carbocycles. The van der Waals surface area contributed by atoms with Gasteiger partial charge in [-0.15, -0.1) is 0 Å². The largest absolute Gasteiger partial charge is 0.334 e. The molecule has 0 amide bonds. The molecule has 14 heavy (non-hydrogen) atoms. The first kappa shape index (κ1) is 10.3. The molecule has 1 rings (SSSR count). The number of alkyl halides is 2. The number of pyridine rings is 1. The van der Waals surface area contributed by atoms with Gasteiger partial charge in [-0.2, -0.15) is 0 Å². The lowest BCUT2D eigenvalue weighted by atomic mass is 10.2. The second-order valence-corrected chi connectivity index (χ2v) is 2.64. The summed E-state index contributed by atoms with van der Waals surface area (Å²) in [4.78, 5) is 22.0. The lowest BCUT2D eigenvalue weighted by Gasteiger charge is -2.02. The number of rotatable bonds is 2. The second kappa shape index (κ2) is 3.52. The first-order valence-electron chi connectivity index (χ1n) is 3.60. The highest BCUT2D eigenvalue weighted by atomic mass is 19.3. The molecule has 0 unspecified atom stereocenters. The zero-order valence-electron chi connectivity index (χ0n) is 7.08. The van der Waals surface area contributed by atoms with Crippen LogP contribution >= 0.6 is 0 Å². The van der Waals surface area contributed by atoms with Crippen LogP contribution in [-0.4, -0.2) is 9.91 Å². The van der Waals surface area contributed by atoms with Crippen molar-refractivity contribution in [3.63, 3.8) is 0 Å². The van der Waals surface area contributed by atoms with Gasteiger partial charge in [0.15, 0.2) is 0 Å². The van der Waals surface area contributed by atoms with E-state index in [9.17, 15) is 23.7 Å². The average Bonchev–Trinajstić information content (AvgIpc) is 2.07. The van der Waals surface area contributed by atoms with Gasteiger partial charge in [0.1, 0.15) is 0 Å². The van der Waals surface area contributed by atoms with Crippen LogP contribution in [0.4, 0.5) is 14.5 Å². The molecule has 0 aliphatic rings. The quantitative estimate of drug-likeness (QED) is 0.586. The van der Waals surface area contributed by atoms with E-state index in [4.69, 9.17) is 0 Å². The standard InChI is InChI=1S/C7H6F2N2O3/c1-3-2-4(11(13)14)7(12)10-5(3)6(8)9/h2,6H,1H3,(H,10,12). The summed E-state index contributed by atoms with van der Waals surface area (Å²) in [5.41, 5.74) is -2.44. The van der Waals surface area contributed by atoms with Crippen LogP contribution in [-0.2, 0) is 0 Å². The van der Waals surface area contributed by atoms with Crippen molar-refractivity contribution in [1.29, 1.82) is 0 Å². The van der Waals surface area contributed by atoms with Gasteiger partial charge in [-0.1, -0.05) is 0 Å². The maximum absolute atomic E-state index is 12.2. The topological polar surface area (TPSA) is 76.0 Å². The zero-order valence-corrected chi connectivity index (χ0v) is 7.08. The minimum atomic E-state index is -2.84. The number of aromatic nitrogens is 1. The van der Waals surface area contributed by atoms with Gasteiger partial charge in [0.25, 0.3) is 6.43 Å². The highest BCUT2D eigenvalue weighted by Crippen LogP contribution is 2.20. The fourth-order valence-electron chi connectivity index (χ4n) is 0.996. The predicted molar refractivity (Wildman–Crippen MR) is 43.4 cm³/mol. The summed E-state index contributed by atoms with van der Waals surface area (Å²) in [7, 11) is 0. The summed E-state index contributed by atoms with van der Waals surface area (Å²) >= 11 is 0. The molecule has 1 aromatic heterocycles. The molecule has 1 heterocycles. The average molecular weight is 204 g/mol. The second-order valence-electron chi connectivity index (χ2n) is 2.64. The van der Waals surface area contributed by atoms with Crippen LogP contribution in [0.25, 0.3) is 0 Å². The highest BCUT2D eigenvalue weighted by molar-refractivity contribution is 5.33. The van der Waals surface area contributed by atoms with Gasteiger partial charge in [0.05, 0.1) is 10.6 Å². The lowest BCUT2D eigenvalue weighted by Crippen LogP contribution is -2.15. The molecule has 0 radical (unpaired) electrons. The fourth-order valence-corrected chi connectivity index (χ4v) is 0.996. The molecular weight excluding hydrogens is 198 g/mol. The van der Waals surface area contributed by atoms with Crippen LogP contribution in [0.1, 0.15) is 17.7 Å². The summed E-state index contributed by atoms with van der Waals surface area (Å²) in [6.45, 7) is 1.27. The van der Waals surface area contributed by atoms with Gasteiger partial charge < -0.3 is 4.98 Å². The number of aryl methyl sites for hydroxylation is 1. The molecule has 1 aromatic rings. The summed E-state index contributed by atoms with van der Waals surface area (Å²) in [6.07, 6.45) is -2.84. The van der Waals surface area contributed by atoms with Crippen molar-refractivity contribution in [2.75, 3.05) is 0 Å². The van der Waals surface area contributed by atoms with Gasteiger partial charge in [0, 0.05) is 6.07 Å². The van der Waals surface area contributed by atoms with Crippen LogP contribution in [0.15, 0.2) is 10.9 Å². The number of nitrogens with one attached hydrogen (secondary N) is 1. The van der Waals surface area contributed by atoms with Gasteiger partial charge in [-0.3, -0.25) is 14.9 Å². The molecule has 76 valence electrons. The van der Waals surface area contributed by atoms with Gasteiger partial charge in [-0.25, -0.2) is 8.78 Å². The number of aromatic amines is 1. The molecule has 0 bridgehead atoms. The summed E-state index contributed by atoms with van der Waals surface area (Å²) in [6, 6.07) is 0.834. The predicted octanol–water partition coefficient (Wildman–Crippen LogP) is 1.53. The number of H-pyrrole nitrogens is 1. The Labute approximate surface area is 76.5 Å². The summed E-state index contributed by atoms with van der Waals surface area (Å²) in [5, 5.41) is 10.3. The molecule has 0 fully saturated rings. The number of halogens is 2. The van der Waals surface area contributed by atoms with Crippen LogP contribution in [0, 0.1) is 17.0 Å². The minimum absolute atomic E-state index is 0.00806. The molecule has 0 aliphatic heterocycles. The third-order valence-electron chi connectivity index (χ3n) is 1.67. The molecule has 5 nitrogen and oxygen atoms in total. The minimum Gasteiger partial charge on any atom is -0.315 e. The van der Waals surface area contributed by atoms with E-state index >= 15 is 0 Å². The van der Waals surface area contributed by atoms with Crippen molar-refractivity contribution < 1.29 is 13.7 Å². The smallest absolute Gasteiger partial charge is 0.315 e. The SMILES string of the molecule is Cc1cc([N+](=O)[O-])c(=O)[nH]c1C(F)F. The monoisotopic (exact) mass is 204 g/mol. The van der Waals surface area contributed by atoms with E-state index in [1.165, 1.54) is 6.92 Å². The Kier molecular flexibility index (Phi) is 2.59. The molecule has 1 N–H and O–H groups in total. The maximum atomic E-state index is 12.2. The Balaban J connectivity index is 3.39.